The van der Waals surface area contributed by atoms with Crippen LogP contribution in [0.2, 0.25) is 0 Å². The Morgan fingerprint density at radius 2 is 2.20 bits per heavy atom. The molecule has 0 aliphatic heterocycles. The van der Waals surface area contributed by atoms with Gasteiger partial charge in [-0.3, -0.25) is 4.79 Å². The second-order valence-electron chi connectivity index (χ2n) is 6.08. The van der Waals surface area contributed by atoms with Gasteiger partial charge >= 0.3 is 0 Å². The summed E-state index contributed by atoms with van der Waals surface area (Å²) in [5.41, 5.74) is 1.54. The van der Waals surface area contributed by atoms with E-state index in [4.69, 9.17) is 10.2 Å². The SMILES string of the molecule is C=C(CCCO)C1(C)C(=O)CCC1CC/C=C(\C)CO. The van der Waals surface area contributed by atoms with Crippen molar-refractivity contribution in [2.45, 2.75) is 52.4 Å². The van der Waals surface area contributed by atoms with E-state index < -0.39 is 5.41 Å². The summed E-state index contributed by atoms with van der Waals surface area (Å²) in [5, 5.41) is 17.9. The molecule has 1 aliphatic rings. The third-order valence-electron chi connectivity index (χ3n) is 4.74. The van der Waals surface area contributed by atoms with E-state index in [1.54, 1.807) is 0 Å². The van der Waals surface area contributed by atoms with E-state index in [0.29, 0.717) is 24.5 Å². The molecule has 20 heavy (non-hydrogen) atoms. The van der Waals surface area contributed by atoms with Crippen molar-refractivity contribution in [3.05, 3.63) is 23.8 Å². The normalized spacial score (nSPS) is 27.1. The molecular weight excluding hydrogens is 252 g/mol. The van der Waals surface area contributed by atoms with Crippen LogP contribution in [0, 0.1) is 11.3 Å². The van der Waals surface area contributed by atoms with Crippen LogP contribution in [0.25, 0.3) is 0 Å². The zero-order chi connectivity index (χ0) is 15.2. The van der Waals surface area contributed by atoms with Gasteiger partial charge in [0.05, 0.1) is 6.61 Å². The lowest BCUT2D eigenvalue weighted by Crippen LogP contribution is -2.31. The first-order chi connectivity index (χ1) is 9.46. The lowest BCUT2D eigenvalue weighted by molar-refractivity contribution is -0.124. The second kappa shape index (κ2) is 7.75. The van der Waals surface area contributed by atoms with Crippen LogP contribution in [0.3, 0.4) is 0 Å². The standard InChI is InChI=1S/C17H28O3/c1-13(12-19)6-4-8-15-9-10-16(20)17(15,3)14(2)7-5-11-18/h6,15,18-19H,2,4-5,7-12H2,1,3H3/b13-6+. The van der Waals surface area contributed by atoms with Gasteiger partial charge in [0.1, 0.15) is 5.78 Å². The fraction of sp³-hybridized carbons (Fsp3) is 0.706. The number of carbonyl (C=O) groups excluding carboxylic acids is 1. The van der Waals surface area contributed by atoms with Crippen LogP contribution in [-0.4, -0.2) is 29.2 Å². The van der Waals surface area contributed by atoms with E-state index in [-0.39, 0.29) is 13.2 Å². The van der Waals surface area contributed by atoms with Crippen molar-refractivity contribution in [3.8, 4) is 0 Å². The summed E-state index contributed by atoms with van der Waals surface area (Å²) in [6, 6.07) is 0. The number of Topliss-reactive ketones (excluding diaryl/α,β-unsaturated/α-hetero) is 1. The molecule has 0 heterocycles. The number of ketones is 1. The summed E-state index contributed by atoms with van der Waals surface area (Å²) < 4.78 is 0. The highest BCUT2D eigenvalue weighted by Crippen LogP contribution is 2.48. The largest absolute Gasteiger partial charge is 0.396 e. The lowest BCUT2D eigenvalue weighted by atomic mass is 9.70. The Morgan fingerprint density at radius 1 is 1.50 bits per heavy atom. The Hall–Kier alpha value is -0.930. The predicted octanol–water partition coefficient (Wildman–Crippen LogP) is 3.02. The summed E-state index contributed by atoms with van der Waals surface area (Å²) in [6.07, 6.45) is 6.88. The molecule has 1 rings (SSSR count). The lowest BCUT2D eigenvalue weighted by Gasteiger charge is -2.32. The molecule has 0 amide bonds. The van der Waals surface area contributed by atoms with Crippen molar-refractivity contribution >= 4 is 5.78 Å². The Kier molecular flexibility index (Phi) is 6.63. The maximum Gasteiger partial charge on any atom is 0.143 e. The highest BCUT2D eigenvalue weighted by Gasteiger charge is 2.46. The predicted molar refractivity (Wildman–Crippen MR) is 81.4 cm³/mol. The average molecular weight is 280 g/mol. The van der Waals surface area contributed by atoms with Crippen LogP contribution >= 0.6 is 0 Å². The van der Waals surface area contributed by atoms with Crippen LogP contribution in [0.1, 0.15) is 52.4 Å². The third-order valence-corrected chi connectivity index (χ3v) is 4.74. The van der Waals surface area contributed by atoms with Crippen LogP contribution in [0.15, 0.2) is 23.8 Å². The first-order valence-electron chi connectivity index (χ1n) is 7.55. The minimum atomic E-state index is -0.421. The third kappa shape index (κ3) is 3.80. The van der Waals surface area contributed by atoms with E-state index in [0.717, 1.165) is 36.8 Å². The summed E-state index contributed by atoms with van der Waals surface area (Å²) in [6.45, 7) is 8.30. The number of aliphatic hydroxyl groups excluding tert-OH is 2. The number of aliphatic hydroxyl groups is 2. The molecule has 0 bridgehead atoms. The highest BCUT2D eigenvalue weighted by atomic mass is 16.3. The van der Waals surface area contributed by atoms with Crippen LogP contribution in [0.5, 0.6) is 0 Å². The summed E-state index contributed by atoms with van der Waals surface area (Å²) >= 11 is 0. The molecule has 1 aliphatic carbocycles. The fourth-order valence-electron chi connectivity index (χ4n) is 3.15. The second-order valence-corrected chi connectivity index (χ2v) is 6.08. The monoisotopic (exact) mass is 280 g/mol. The molecule has 0 radical (unpaired) electrons. The van der Waals surface area contributed by atoms with Gasteiger partial charge in [-0.05, 0) is 51.9 Å². The van der Waals surface area contributed by atoms with Gasteiger partial charge in [-0.1, -0.05) is 23.8 Å². The minimum absolute atomic E-state index is 0.101. The average Bonchev–Trinajstić information content (AvgIpc) is 2.73. The number of hydrogen-bond donors (Lipinski definition) is 2. The first-order valence-corrected chi connectivity index (χ1v) is 7.55. The van der Waals surface area contributed by atoms with Crippen molar-refractivity contribution in [2.75, 3.05) is 13.2 Å². The van der Waals surface area contributed by atoms with Crippen molar-refractivity contribution in [1.29, 1.82) is 0 Å². The summed E-state index contributed by atoms with van der Waals surface area (Å²) in [7, 11) is 0. The van der Waals surface area contributed by atoms with Gasteiger partial charge in [0.2, 0.25) is 0 Å². The number of allylic oxidation sites excluding steroid dienone is 2. The molecule has 2 unspecified atom stereocenters. The van der Waals surface area contributed by atoms with Crippen molar-refractivity contribution < 1.29 is 15.0 Å². The van der Waals surface area contributed by atoms with Crippen LogP contribution < -0.4 is 0 Å². The van der Waals surface area contributed by atoms with Crippen molar-refractivity contribution in [1.82, 2.24) is 0 Å². The molecule has 0 saturated heterocycles. The van der Waals surface area contributed by atoms with Gasteiger partial charge in [-0.15, -0.1) is 0 Å². The van der Waals surface area contributed by atoms with E-state index in [9.17, 15) is 4.79 Å². The van der Waals surface area contributed by atoms with Gasteiger partial charge < -0.3 is 10.2 Å². The number of carbonyl (C=O) groups is 1. The Balaban J connectivity index is 2.69. The zero-order valence-corrected chi connectivity index (χ0v) is 12.8. The molecule has 2 atom stereocenters. The van der Waals surface area contributed by atoms with Crippen LogP contribution in [0.4, 0.5) is 0 Å². The van der Waals surface area contributed by atoms with Crippen molar-refractivity contribution in [3.63, 3.8) is 0 Å². The van der Waals surface area contributed by atoms with Gasteiger partial charge in [0.25, 0.3) is 0 Å². The molecular formula is C17H28O3. The molecule has 0 spiro atoms. The molecule has 0 aromatic rings. The minimum Gasteiger partial charge on any atom is -0.396 e. The molecule has 114 valence electrons. The van der Waals surface area contributed by atoms with Gasteiger partial charge in [-0.2, -0.15) is 0 Å². The molecule has 2 N–H and O–H groups in total. The smallest absolute Gasteiger partial charge is 0.143 e. The van der Waals surface area contributed by atoms with Crippen molar-refractivity contribution in [2.24, 2.45) is 11.3 Å². The topological polar surface area (TPSA) is 57.5 Å². The maximum atomic E-state index is 12.3. The Bertz CT molecular complexity index is 384. The Morgan fingerprint density at radius 3 is 2.80 bits per heavy atom. The highest BCUT2D eigenvalue weighted by molar-refractivity contribution is 5.89. The van der Waals surface area contributed by atoms with Gasteiger partial charge in [0.15, 0.2) is 0 Å². The van der Waals surface area contributed by atoms with Gasteiger partial charge in [-0.25, -0.2) is 0 Å². The molecule has 3 heteroatoms. The molecule has 3 nitrogen and oxygen atoms in total. The quantitative estimate of drug-likeness (QED) is 0.672. The molecule has 1 saturated carbocycles. The fourth-order valence-corrected chi connectivity index (χ4v) is 3.15. The Labute approximate surface area is 122 Å². The maximum absolute atomic E-state index is 12.3. The molecule has 0 aromatic carbocycles. The first kappa shape index (κ1) is 17.1. The molecule has 0 aromatic heterocycles. The van der Waals surface area contributed by atoms with E-state index in [1.165, 1.54) is 0 Å². The number of rotatable bonds is 8. The molecule has 1 fully saturated rings. The van der Waals surface area contributed by atoms with Crippen LogP contribution in [-0.2, 0) is 4.79 Å². The number of hydrogen-bond acceptors (Lipinski definition) is 3. The van der Waals surface area contributed by atoms with E-state index in [2.05, 4.69) is 12.7 Å². The van der Waals surface area contributed by atoms with Gasteiger partial charge in [0, 0.05) is 18.4 Å². The van der Waals surface area contributed by atoms with E-state index >= 15 is 0 Å². The summed E-state index contributed by atoms with van der Waals surface area (Å²) in [4.78, 5) is 12.3. The summed E-state index contributed by atoms with van der Waals surface area (Å²) in [5.74, 6) is 0.636. The zero-order valence-electron chi connectivity index (χ0n) is 12.8. The van der Waals surface area contributed by atoms with E-state index in [1.807, 2.05) is 13.8 Å².